The molecule has 0 aromatic heterocycles. The molecule has 0 aromatic carbocycles. The van der Waals surface area contributed by atoms with Crippen molar-refractivity contribution < 1.29 is 38.5 Å². The highest BCUT2D eigenvalue weighted by atomic mass is 16.5. The summed E-state index contributed by atoms with van der Waals surface area (Å²) in [4.78, 5) is 42.8. The van der Waals surface area contributed by atoms with Gasteiger partial charge in [0.25, 0.3) is 0 Å². The second-order valence-electron chi connectivity index (χ2n) is 5.93. The molecule has 0 aliphatic rings. The lowest BCUT2D eigenvalue weighted by Gasteiger charge is -2.02. The Bertz CT molecular complexity index is 414. The van der Waals surface area contributed by atoms with Crippen LogP contribution in [0.25, 0.3) is 0 Å². The number of rotatable bonds is 15. The van der Waals surface area contributed by atoms with E-state index in [4.69, 9.17) is 19.3 Å². The van der Waals surface area contributed by atoms with Gasteiger partial charge >= 0.3 is 23.9 Å². The van der Waals surface area contributed by atoms with Crippen molar-refractivity contribution in [1.82, 2.24) is 0 Å². The molecule has 0 unspecified atom stereocenters. The summed E-state index contributed by atoms with van der Waals surface area (Å²) in [5.74, 6) is -1.30. The van der Waals surface area contributed by atoms with Crippen LogP contribution < -0.4 is 0 Å². The van der Waals surface area contributed by atoms with Gasteiger partial charge in [-0.1, -0.05) is 12.8 Å². The molecule has 164 valence electrons. The molecule has 0 saturated carbocycles. The SMILES string of the molecule is CCOC(=O)CCCCCC(=O)O.CCOC(=O)CCCCCC(=O)OCC. The molecule has 0 atom stereocenters. The van der Waals surface area contributed by atoms with Gasteiger partial charge in [-0.2, -0.15) is 0 Å². The lowest BCUT2D eigenvalue weighted by Crippen LogP contribution is -2.05. The third kappa shape index (κ3) is 23.9. The summed E-state index contributed by atoms with van der Waals surface area (Å²) in [6, 6.07) is 0. The fraction of sp³-hybridized carbons (Fsp3) is 0.800. The van der Waals surface area contributed by atoms with E-state index < -0.39 is 5.97 Å². The summed E-state index contributed by atoms with van der Waals surface area (Å²) >= 11 is 0. The molecular weight excluding hydrogens is 368 g/mol. The first kappa shape index (κ1) is 28.1. The summed E-state index contributed by atoms with van der Waals surface area (Å²) in [5, 5.41) is 8.31. The van der Waals surface area contributed by atoms with Crippen molar-refractivity contribution in [2.45, 2.75) is 85.0 Å². The van der Waals surface area contributed by atoms with Crippen LogP contribution in [0.3, 0.4) is 0 Å². The minimum absolute atomic E-state index is 0.159. The Hall–Kier alpha value is -2.12. The van der Waals surface area contributed by atoms with Gasteiger partial charge in [0.15, 0.2) is 0 Å². The molecule has 0 radical (unpaired) electrons. The van der Waals surface area contributed by atoms with Crippen molar-refractivity contribution >= 4 is 23.9 Å². The fourth-order valence-electron chi connectivity index (χ4n) is 2.14. The quantitative estimate of drug-likeness (QED) is 0.250. The summed E-state index contributed by atoms with van der Waals surface area (Å²) in [5.41, 5.74) is 0. The standard InChI is InChI=1S/C11H20O4.C9H16O4/c1-3-14-10(12)8-6-5-7-9-11(13)15-4-2;1-2-13-9(12)7-5-3-4-6-8(10)11/h3-9H2,1-2H3;2-7H2,1H3,(H,10,11). The van der Waals surface area contributed by atoms with Crippen molar-refractivity contribution in [3.8, 4) is 0 Å². The van der Waals surface area contributed by atoms with Gasteiger partial charge in [-0.3, -0.25) is 19.2 Å². The zero-order valence-corrected chi connectivity index (χ0v) is 17.5. The number of aliphatic carboxylic acids is 1. The molecule has 0 aliphatic carbocycles. The van der Waals surface area contributed by atoms with Crippen LogP contribution in [0.15, 0.2) is 0 Å². The van der Waals surface area contributed by atoms with E-state index in [0.29, 0.717) is 51.9 Å². The van der Waals surface area contributed by atoms with Crippen LogP contribution in [0.5, 0.6) is 0 Å². The zero-order chi connectivity index (χ0) is 21.6. The second kappa shape index (κ2) is 21.2. The van der Waals surface area contributed by atoms with Crippen LogP contribution in [-0.4, -0.2) is 48.8 Å². The number of carboxylic acid groups (broad SMARTS) is 1. The Morgan fingerprint density at radius 2 is 0.821 bits per heavy atom. The third-order valence-electron chi connectivity index (χ3n) is 3.45. The van der Waals surface area contributed by atoms with Crippen LogP contribution in [-0.2, 0) is 33.4 Å². The normalized spacial score (nSPS) is 9.68. The van der Waals surface area contributed by atoms with E-state index >= 15 is 0 Å². The predicted molar refractivity (Wildman–Crippen MR) is 104 cm³/mol. The Balaban J connectivity index is 0. The van der Waals surface area contributed by atoms with E-state index in [2.05, 4.69) is 0 Å². The maximum atomic E-state index is 10.9. The van der Waals surface area contributed by atoms with E-state index in [0.717, 1.165) is 25.7 Å². The molecule has 0 bridgehead atoms. The molecule has 0 fully saturated rings. The maximum Gasteiger partial charge on any atom is 0.305 e. The van der Waals surface area contributed by atoms with Gasteiger partial charge in [0, 0.05) is 25.7 Å². The molecule has 0 rings (SSSR count). The molecule has 8 heteroatoms. The molecule has 0 aromatic rings. The summed E-state index contributed by atoms with van der Waals surface area (Å²) < 4.78 is 14.3. The number of hydrogen-bond acceptors (Lipinski definition) is 7. The van der Waals surface area contributed by atoms with E-state index in [9.17, 15) is 19.2 Å². The van der Waals surface area contributed by atoms with E-state index in [1.165, 1.54) is 0 Å². The van der Waals surface area contributed by atoms with Crippen molar-refractivity contribution in [3.05, 3.63) is 0 Å². The molecule has 0 heterocycles. The second-order valence-corrected chi connectivity index (χ2v) is 5.93. The van der Waals surface area contributed by atoms with Crippen molar-refractivity contribution in [3.63, 3.8) is 0 Å². The van der Waals surface area contributed by atoms with Gasteiger partial charge in [-0.05, 0) is 46.5 Å². The Morgan fingerprint density at radius 3 is 1.07 bits per heavy atom. The highest BCUT2D eigenvalue weighted by Crippen LogP contribution is 2.05. The van der Waals surface area contributed by atoms with Crippen molar-refractivity contribution in [1.29, 1.82) is 0 Å². The van der Waals surface area contributed by atoms with Gasteiger partial charge in [0.1, 0.15) is 0 Å². The van der Waals surface area contributed by atoms with Crippen LogP contribution in [0.4, 0.5) is 0 Å². The van der Waals surface area contributed by atoms with Crippen LogP contribution in [0.2, 0.25) is 0 Å². The molecule has 0 aliphatic heterocycles. The maximum absolute atomic E-state index is 10.9. The molecule has 1 N–H and O–H groups in total. The Kier molecular flexibility index (Phi) is 21.3. The number of hydrogen-bond donors (Lipinski definition) is 1. The lowest BCUT2D eigenvalue weighted by atomic mass is 10.1. The molecular formula is C20H36O8. The van der Waals surface area contributed by atoms with Gasteiger partial charge < -0.3 is 19.3 Å². The molecule has 0 saturated heterocycles. The summed E-state index contributed by atoms with van der Waals surface area (Å²) in [6.45, 7) is 6.62. The van der Waals surface area contributed by atoms with Gasteiger partial charge in [0.2, 0.25) is 0 Å². The topological polar surface area (TPSA) is 116 Å². The van der Waals surface area contributed by atoms with Crippen LogP contribution >= 0.6 is 0 Å². The largest absolute Gasteiger partial charge is 0.481 e. The first-order valence-electron chi connectivity index (χ1n) is 10.1. The number of carbonyl (C=O) groups excluding carboxylic acids is 3. The Labute approximate surface area is 167 Å². The van der Waals surface area contributed by atoms with Crippen LogP contribution in [0.1, 0.15) is 85.0 Å². The summed E-state index contributed by atoms with van der Waals surface area (Å²) in [6.07, 6.45) is 5.99. The number of ether oxygens (including phenoxy) is 3. The first-order chi connectivity index (χ1) is 13.4. The van der Waals surface area contributed by atoms with Crippen molar-refractivity contribution in [2.75, 3.05) is 19.8 Å². The van der Waals surface area contributed by atoms with Gasteiger partial charge in [-0.25, -0.2) is 0 Å². The smallest absolute Gasteiger partial charge is 0.305 e. The molecule has 0 amide bonds. The van der Waals surface area contributed by atoms with E-state index in [1.54, 1.807) is 20.8 Å². The average Bonchev–Trinajstić information content (AvgIpc) is 2.62. The molecule has 28 heavy (non-hydrogen) atoms. The highest BCUT2D eigenvalue weighted by molar-refractivity contribution is 5.70. The van der Waals surface area contributed by atoms with Crippen molar-refractivity contribution in [2.24, 2.45) is 0 Å². The summed E-state index contributed by atoms with van der Waals surface area (Å²) in [7, 11) is 0. The highest BCUT2D eigenvalue weighted by Gasteiger charge is 2.04. The predicted octanol–water partition coefficient (Wildman–Crippen LogP) is 3.65. The lowest BCUT2D eigenvalue weighted by molar-refractivity contribution is -0.144. The minimum atomic E-state index is -0.781. The first-order valence-corrected chi connectivity index (χ1v) is 10.1. The number of unbranched alkanes of at least 4 members (excludes halogenated alkanes) is 4. The Morgan fingerprint density at radius 1 is 0.536 bits per heavy atom. The number of esters is 3. The zero-order valence-electron chi connectivity index (χ0n) is 17.5. The third-order valence-corrected chi connectivity index (χ3v) is 3.45. The number of carboxylic acids is 1. The van der Waals surface area contributed by atoms with E-state index in [1.807, 2.05) is 0 Å². The van der Waals surface area contributed by atoms with Gasteiger partial charge in [-0.15, -0.1) is 0 Å². The van der Waals surface area contributed by atoms with Crippen LogP contribution in [0, 0.1) is 0 Å². The monoisotopic (exact) mass is 404 g/mol. The molecule has 8 nitrogen and oxygen atoms in total. The minimum Gasteiger partial charge on any atom is -0.481 e. The number of carbonyl (C=O) groups is 4. The fourth-order valence-corrected chi connectivity index (χ4v) is 2.14. The average molecular weight is 405 g/mol. The molecule has 0 spiro atoms. The van der Waals surface area contributed by atoms with E-state index in [-0.39, 0.29) is 24.3 Å². The van der Waals surface area contributed by atoms with Gasteiger partial charge in [0.05, 0.1) is 19.8 Å².